The van der Waals surface area contributed by atoms with Gasteiger partial charge >= 0.3 is 0 Å². The van der Waals surface area contributed by atoms with Crippen LogP contribution in [0.4, 0.5) is 4.39 Å². The average Bonchev–Trinajstić information content (AvgIpc) is 2.79. The molecule has 0 unspecified atom stereocenters. The molecule has 0 fully saturated rings. The number of benzene rings is 2. The molecule has 19 heavy (non-hydrogen) atoms. The Labute approximate surface area is 114 Å². The molecular formula is C15H11ClFNO. The van der Waals surface area contributed by atoms with E-state index in [1.807, 2.05) is 24.3 Å². The summed E-state index contributed by atoms with van der Waals surface area (Å²) in [5.41, 5.74) is 1.86. The van der Waals surface area contributed by atoms with Crippen molar-refractivity contribution in [3.05, 3.63) is 65.1 Å². The highest BCUT2D eigenvalue weighted by atomic mass is 35.5. The third kappa shape index (κ3) is 2.56. The van der Waals surface area contributed by atoms with Crippen molar-refractivity contribution in [3.8, 4) is 5.75 Å². The van der Waals surface area contributed by atoms with Crippen molar-refractivity contribution in [1.29, 1.82) is 0 Å². The first kappa shape index (κ1) is 12.1. The lowest BCUT2D eigenvalue weighted by atomic mass is 10.2. The number of hydrogen-bond acceptors (Lipinski definition) is 1. The number of hydrogen-bond donors (Lipinski definition) is 1. The topological polar surface area (TPSA) is 25.0 Å². The summed E-state index contributed by atoms with van der Waals surface area (Å²) < 4.78 is 18.8. The highest BCUT2D eigenvalue weighted by Crippen LogP contribution is 2.22. The van der Waals surface area contributed by atoms with Crippen LogP contribution in [-0.4, -0.2) is 4.98 Å². The predicted molar refractivity (Wildman–Crippen MR) is 74.0 cm³/mol. The van der Waals surface area contributed by atoms with Crippen molar-refractivity contribution in [2.45, 2.75) is 6.61 Å². The van der Waals surface area contributed by atoms with E-state index >= 15 is 0 Å². The second kappa shape index (κ2) is 4.94. The molecule has 0 aliphatic heterocycles. The quantitative estimate of drug-likeness (QED) is 0.746. The standard InChI is InChI=1S/C15H11ClFNO/c16-11-5-6-14-10(7-11)8-12(18-14)9-19-15-4-2-1-3-13(15)17/h1-8,18H,9H2. The van der Waals surface area contributed by atoms with Crippen LogP contribution in [0, 0.1) is 5.82 Å². The summed E-state index contributed by atoms with van der Waals surface area (Å²) in [4.78, 5) is 3.21. The number of nitrogens with one attached hydrogen (secondary N) is 1. The average molecular weight is 276 g/mol. The van der Waals surface area contributed by atoms with Crippen LogP contribution in [0.15, 0.2) is 48.5 Å². The Bertz CT molecular complexity index is 723. The lowest BCUT2D eigenvalue weighted by Gasteiger charge is -2.05. The SMILES string of the molecule is Fc1ccccc1OCc1cc2cc(Cl)ccc2[nH]1. The minimum atomic E-state index is -0.360. The van der Waals surface area contributed by atoms with E-state index in [2.05, 4.69) is 4.98 Å². The molecule has 0 amide bonds. The molecule has 1 aromatic heterocycles. The van der Waals surface area contributed by atoms with Crippen LogP contribution in [0.5, 0.6) is 5.75 Å². The van der Waals surface area contributed by atoms with Gasteiger partial charge in [-0.15, -0.1) is 0 Å². The highest BCUT2D eigenvalue weighted by Gasteiger charge is 2.05. The van der Waals surface area contributed by atoms with Crippen LogP contribution in [0.1, 0.15) is 5.69 Å². The molecule has 0 atom stereocenters. The van der Waals surface area contributed by atoms with Gasteiger partial charge in [0, 0.05) is 15.9 Å². The van der Waals surface area contributed by atoms with E-state index in [-0.39, 0.29) is 18.2 Å². The van der Waals surface area contributed by atoms with Crippen LogP contribution in [0.3, 0.4) is 0 Å². The summed E-state index contributed by atoms with van der Waals surface area (Å²) in [5.74, 6) is -0.110. The molecule has 0 saturated heterocycles. The van der Waals surface area contributed by atoms with Gasteiger partial charge in [-0.2, -0.15) is 0 Å². The molecule has 0 spiro atoms. The number of para-hydroxylation sites is 1. The van der Waals surface area contributed by atoms with E-state index in [4.69, 9.17) is 16.3 Å². The summed E-state index contributed by atoms with van der Waals surface area (Å²) >= 11 is 5.93. The van der Waals surface area contributed by atoms with Crippen molar-refractivity contribution < 1.29 is 9.13 Å². The van der Waals surface area contributed by atoms with Crippen molar-refractivity contribution in [2.75, 3.05) is 0 Å². The molecule has 0 aliphatic rings. The van der Waals surface area contributed by atoms with Crippen LogP contribution >= 0.6 is 11.6 Å². The van der Waals surface area contributed by atoms with Crippen molar-refractivity contribution in [3.63, 3.8) is 0 Å². The number of rotatable bonds is 3. The monoisotopic (exact) mass is 275 g/mol. The summed E-state index contributed by atoms with van der Waals surface area (Å²) in [6.45, 7) is 0.285. The Morgan fingerprint density at radius 3 is 2.79 bits per heavy atom. The fourth-order valence-corrected chi connectivity index (χ4v) is 2.14. The van der Waals surface area contributed by atoms with Gasteiger partial charge in [-0.05, 0) is 36.4 Å². The minimum Gasteiger partial charge on any atom is -0.484 e. The molecule has 1 N–H and O–H groups in total. The van der Waals surface area contributed by atoms with E-state index in [1.54, 1.807) is 18.2 Å². The van der Waals surface area contributed by atoms with Crippen molar-refractivity contribution in [1.82, 2.24) is 4.98 Å². The van der Waals surface area contributed by atoms with E-state index < -0.39 is 0 Å². The Hall–Kier alpha value is -2.00. The minimum absolute atomic E-state index is 0.249. The predicted octanol–water partition coefficient (Wildman–Crippen LogP) is 4.54. The van der Waals surface area contributed by atoms with Crippen LogP contribution in [-0.2, 0) is 6.61 Å². The zero-order valence-corrected chi connectivity index (χ0v) is 10.7. The Balaban J connectivity index is 1.80. The van der Waals surface area contributed by atoms with Gasteiger partial charge in [0.25, 0.3) is 0 Å². The molecule has 2 nitrogen and oxygen atoms in total. The molecule has 0 aliphatic carbocycles. The third-order valence-electron chi connectivity index (χ3n) is 2.86. The second-order valence-electron chi connectivity index (χ2n) is 4.25. The van der Waals surface area contributed by atoms with Crippen molar-refractivity contribution in [2.24, 2.45) is 0 Å². The largest absolute Gasteiger partial charge is 0.484 e. The first-order valence-corrected chi connectivity index (χ1v) is 6.25. The highest BCUT2D eigenvalue weighted by molar-refractivity contribution is 6.31. The van der Waals surface area contributed by atoms with Gasteiger partial charge in [-0.1, -0.05) is 23.7 Å². The van der Waals surface area contributed by atoms with Crippen LogP contribution in [0.2, 0.25) is 5.02 Å². The number of ether oxygens (including phenoxy) is 1. The third-order valence-corrected chi connectivity index (χ3v) is 3.09. The van der Waals surface area contributed by atoms with Gasteiger partial charge in [0.05, 0.1) is 5.69 Å². The van der Waals surface area contributed by atoms with E-state index in [0.717, 1.165) is 16.6 Å². The smallest absolute Gasteiger partial charge is 0.165 e. The van der Waals surface area contributed by atoms with Crippen LogP contribution in [0.25, 0.3) is 10.9 Å². The van der Waals surface area contributed by atoms with Gasteiger partial charge in [0.15, 0.2) is 11.6 Å². The fourth-order valence-electron chi connectivity index (χ4n) is 1.96. The Morgan fingerprint density at radius 2 is 1.95 bits per heavy atom. The maximum Gasteiger partial charge on any atom is 0.165 e. The second-order valence-corrected chi connectivity index (χ2v) is 4.68. The van der Waals surface area contributed by atoms with Gasteiger partial charge < -0.3 is 9.72 Å². The molecular weight excluding hydrogens is 265 g/mol. The molecule has 0 radical (unpaired) electrons. The fraction of sp³-hybridized carbons (Fsp3) is 0.0667. The number of fused-ring (bicyclic) bond motifs is 1. The lowest BCUT2D eigenvalue weighted by Crippen LogP contribution is -1.97. The van der Waals surface area contributed by atoms with Crippen molar-refractivity contribution >= 4 is 22.5 Å². The summed E-state index contributed by atoms with van der Waals surface area (Å²) in [7, 11) is 0. The summed E-state index contributed by atoms with van der Waals surface area (Å²) in [5, 5.41) is 1.70. The van der Waals surface area contributed by atoms with Gasteiger partial charge in [0.1, 0.15) is 6.61 Å². The molecule has 4 heteroatoms. The first-order valence-electron chi connectivity index (χ1n) is 5.87. The van der Waals surface area contributed by atoms with Gasteiger partial charge in [-0.25, -0.2) is 4.39 Å². The summed E-state index contributed by atoms with van der Waals surface area (Å²) in [6, 6.07) is 13.9. The molecule has 2 aromatic carbocycles. The molecule has 3 aromatic rings. The van der Waals surface area contributed by atoms with Crippen LogP contribution < -0.4 is 4.74 Å². The first-order chi connectivity index (χ1) is 9.22. The maximum atomic E-state index is 13.4. The van der Waals surface area contributed by atoms with E-state index in [0.29, 0.717) is 5.02 Å². The maximum absolute atomic E-state index is 13.4. The summed E-state index contributed by atoms with van der Waals surface area (Å²) in [6.07, 6.45) is 0. The number of H-pyrrole nitrogens is 1. The zero-order valence-electron chi connectivity index (χ0n) is 9.99. The van der Waals surface area contributed by atoms with E-state index in [1.165, 1.54) is 6.07 Å². The molecule has 1 heterocycles. The molecule has 96 valence electrons. The number of halogens is 2. The number of aromatic nitrogens is 1. The van der Waals surface area contributed by atoms with E-state index in [9.17, 15) is 4.39 Å². The van der Waals surface area contributed by atoms with Gasteiger partial charge in [-0.3, -0.25) is 0 Å². The lowest BCUT2D eigenvalue weighted by molar-refractivity contribution is 0.287. The van der Waals surface area contributed by atoms with Gasteiger partial charge in [0.2, 0.25) is 0 Å². The molecule has 0 saturated carbocycles. The normalized spacial score (nSPS) is 10.8. The molecule has 3 rings (SSSR count). The Kier molecular flexibility index (Phi) is 3.13. The number of aromatic amines is 1. The molecule has 0 bridgehead atoms. The zero-order chi connectivity index (χ0) is 13.2. The Morgan fingerprint density at radius 1 is 1.11 bits per heavy atom.